The molecule has 59 heavy (non-hydrogen) atoms. The summed E-state index contributed by atoms with van der Waals surface area (Å²) in [5.74, 6) is 2.07. The minimum atomic E-state index is -0.322. The summed E-state index contributed by atoms with van der Waals surface area (Å²) >= 11 is 4.92. The van der Waals surface area contributed by atoms with Gasteiger partial charge in [0.2, 0.25) is 0 Å². The van der Waals surface area contributed by atoms with Gasteiger partial charge >= 0.3 is 0 Å². The molecule has 0 radical (unpaired) electrons. The summed E-state index contributed by atoms with van der Waals surface area (Å²) in [4.78, 5) is 33.0. The van der Waals surface area contributed by atoms with Gasteiger partial charge in [0.25, 0.3) is 11.8 Å². The van der Waals surface area contributed by atoms with Crippen LogP contribution in [0.4, 0.5) is 17.1 Å². The highest BCUT2D eigenvalue weighted by atomic mass is 32.1. The smallest absolute Gasteiger partial charge is 0.257 e. The van der Waals surface area contributed by atoms with Crippen molar-refractivity contribution in [1.29, 1.82) is 0 Å². The normalized spacial score (nSPS) is 18.3. The molecule has 0 saturated carbocycles. The molecule has 3 aromatic rings. The van der Waals surface area contributed by atoms with E-state index in [2.05, 4.69) is 47.6 Å². The minimum Gasteiger partial charge on any atom is -0.493 e. The van der Waals surface area contributed by atoms with Crippen LogP contribution >= 0.6 is 12.6 Å². The number of carbonyl (C=O) groups is 2. The average Bonchev–Trinajstić information content (AvgIpc) is 3.88. The van der Waals surface area contributed by atoms with Crippen LogP contribution in [0.15, 0.2) is 42.5 Å². The largest absolute Gasteiger partial charge is 0.493 e. The van der Waals surface area contributed by atoms with Crippen LogP contribution in [0.2, 0.25) is 0 Å². The van der Waals surface area contributed by atoms with Gasteiger partial charge in [-0.05, 0) is 81.0 Å². The third-order valence-corrected chi connectivity index (χ3v) is 11.3. The molecule has 0 unspecified atom stereocenters. The molecule has 4 aliphatic heterocycles. The van der Waals surface area contributed by atoms with Gasteiger partial charge in [-0.15, -0.1) is 0 Å². The molecule has 0 spiro atoms. The van der Waals surface area contributed by atoms with Crippen LogP contribution in [0.25, 0.3) is 0 Å². The Balaban J connectivity index is 1.14. The Morgan fingerprint density at radius 2 is 1.32 bits per heavy atom. The molecule has 0 bridgehead atoms. The first-order chi connectivity index (χ1) is 28.5. The Morgan fingerprint density at radius 1 is 0.729 bits per heavy atom. The molecule has 2 fully saturated rings. The van der Waals surface area contributed by atoms with Gasteiger partial charge in [-0.25, -0.2) is 0 Å². The lowest BCUT2D eigenvalue weighted by molar-refractivity contribution is 0.0264. The van der Waals surface area contributed by atoms with Gasteiger partial charge in [-0.3, -0.25) is 9.59 Å². The summed E-state index contributed by atoms with van der Waals surface area (Å²) in [5.41, 5.74) is 5.42. The van der Waals surface area contributed by atoms with Crippen molar-refractivity contribution in [2.24, 2.45) is 0 Å². The van der Waals surface area contributed by atoms with E-state index in [4.69, 9.17) is 45.8 Å². The van der Waals surface area contributed by atoms with E-state index in [-0.39, 0.29) is 42.0 Å². The fourth-order valence-electron chi connectivity index (χ4n) is 8.30. The lowest BCUT2D eigenvalue weighted by atomic mass is 10.1. The van der Waals surface area contributed by atoms with Gasteiger partial charge in [0.15, 0.2) is 23.0 Å². The van der Waals surface area contributed by atoms with Crippen molar-refractivity contribution < 1.29 is 42.7 Å². The van der Waals surface area contributed by atoms with E-state index in [0.29, 0.717) is 86.8 Å². The third-order valence-electron chi connectivity index (χ3n) is 11.1. The zero-order valence-electron chi connectivity index (χ0n) is 35.0. The molecule has 2 atom stereocenters. The SMILES string of the molecule is COCCOCCOCCN(CC(C)(C)S)c1cc(COc2cc3c(cc2OC)C(=O)N2CCC[C@H]2CN3)cc(COc2cc3c(cc2OC)C(=O)N2CCC[C@H]2N3)c1. The van der Waals surface area contributed by atoms with E-state index in [9.17, 15) is 9.59 Å². The Kier molecular flexibility index (Phi) is 13.9. The summed E-state index contributed by atoms with van der Waals surface area (Å²) in [6, 6.07) is 13.8. The first kappa shape index (κ1) is 42.6. The maximum absolute atomic E-state index is 13.5. The van der Waals surface area contributed by atoms with Crippen molar-refractivity contribution >= 4 is 41.5 Å². The van der Waals surface area contributed by atoms with E-state index < -0.39 is 0 Å². The minimum absolute atomic E-state index is 0.00655. The Bertz CT molecular complexity index is 1960. The first-order valence-electron chi connectivity index (χ1n) is 20.6. The number of rotatable bonds is 20. The number of methoxy groups -OCH3 is 3. The number of hydrogen-bond donors (Lipinski definition) is 3. The highest BCUT2D eigenvalue weighted by Crippen LogP contribution is 2.40. The van der Waals surface area contributed by atoms with Crippen molar-refractivity contribution in [3.63, 3.8) is 0 Å². The van der Waals surface area contributed by atoms with E-state index in [1.54, 1.807) is 33.5 Å². The third kappa shape index (κ3) is 10.2. The highest BCUT2D eigenvalue weighted by Gasteiger charge is 2.37. The number of thiol groups is 1. The zero-order valence-corrected chi connectivity index (χ0v) is 35.9. The second-order valence-electron chi connectivity index (χ2n) is 16.1. The number of nitrogens with zero attached hydrogens (tertiary/aromatic N) is 3. The maximum atomic E-state index is 13.5. The van der Waals surface area contributed by atoms with E-state index in [1.165, 1.54) is 0 Å². The van der Waals surface area contributed by atoms with Gasteiger partial charge in [-0.2, -0.15) is 12.6 Å². The summed E-state index contributed by atoms with van der Waals surface area (Å²) < 4.78 is 40.9. The number of nitrogens with one attached hydrogen (secondary N) is 2. The molecule has 3 aromatic carbocycles. The molecular weight excluding hydrogens is 775 g/mol. The van der Waals surface area contributed by atoms with Crippen LogP contribution in [0.5, 0.6) is 23.0 Å². The van der Waals surface area contributed by atoms with Crippen molar-refractivity contribution in [3.8, 4) is 23.0 Å². The van der Waals surface area contributed by atoms with E-state index >= 15 is 0 Å². The lowest BCUT2D eigenvalue weighted by Gasteiger charge is -2.33. The molecule has 15 heteroatoms. The maximum Gasteiger partial charge on any atom is 0.257 e. The zero-order chi connectivity index (χ0) is 41.5. The summed E-state index contributed by atoms with van der Waals surface area (Å²) in [6.45, 7) is 10.6. The van der Waals surface area contributed by atoms with Gasteiger partial charge in [0, 0.05) is 68.4 Å². The average molecular weight is 834 g/mol. The molecule has 4 aliphatic rings. The topological polar surface area (TPSA) is 133 Å². The molecular formula is C44H59N5O9S. The number of amides is 2. The number of fused-ring (bicyclic) bond motifs is 4. The Labute approximate surface area is 353 Å². The fraction of sp³-hybridized carbons (Fsp3) is 0.545. The first-order valence-corrected chi connectivity index (χ1v) is 21.1. The number of anilines is 3. The van der Waals surface area contributed by atoms with Gasteiger partial charge in [0.1, 0.15) is 19.4 Å². The van der Waals surface area contributed by atoms with Crippen molar-refractivity contribution in [3.05, 3.63) is 64.7 Å². The molecule has 7 rings (SSSR count). The fourth-order valence-corrected chi connectivity index (χ4v) is 8.47. The van der Waals surface area contributed by atoms with Crippen molar-refractivity contribution in [1.82, 2.24) is 9.80 Å². The summed E-state index contributed by atoms with van der Waals surface area (Å²) in [7, 11) is 4.83. The summed E-state index contributed by atoms with van der Waals surface area (Å²) in [5, 5.41) is 7.03. The monoisotopic (exact) mass is 833 g/mol. The van der Waals surface area contributed by atoms with Gasteiger partial charge in [0.05, 0.1) is 69.8 Å². The van der Waals surface area contributed by atoms with E-state index in [1.807, 2.05) is 21.9 Å². The molecule has 14 nitrogen and oxygen atoms in total. The van der Waals surface area contributed by atoms with Crippen LogP contribution in [0.1, 0.15) is 71.4 Å². The summed E-state index contributed by atoms with van der Waals surface area (Å²) in [6.07, 6.45) is 3.85. The van der Waals surface area contributed by atoms with Crippen LogP contribution < -0.4 is 34.5 Å². The Morgan fingerprint density at radius 3 is 1.98 bits per heavy atom. The van der Waals surface area contributed by atoms with Gasteiger partial charge in [-0.1, -0.05) is 0 Å². The standard InChI is InChI=1S/C44H59N5O9S/c1-44(2,59)28-47(12-13-55-16-17-56-15-14-52-3)32-19-29(26-57-39-23-35-33(21-37(39)53-4)42(50)48-10-6-8-31(48)25-45-35)18-30(20-32)27-58-40-24-36-34(22-38(40)54-5)43(51)49-11-7-9-41(49)46-36/h18-24,31,41,45-46,59H,6-17,25-28H2,1-5H3/t31-,41-/m0/s1. The molecule has 4 heterocycles. The van der Waals surface area contributed by atoms with Crippen LogP contribution in [0.3, 0.4) is 0 Å². The number of benzene rings is 3. The van der Waals surface area contributed by atoms with Gasteiger partial charge < -0.3 is 58.5 Å². The van der Waals surface area contributed by atoms with E-state index in [0.717, 1.165) is 67.0 Å². The van der Waals surface area contributed by atoms with Crippen LogP contribution in [-0.4, -0.2) is 126 Å². The predicted octanol–water partition coefficient (Wildman–Crippen LogP) is 6.07. The van der Waals surface area contributed by atoms with Crippen LogP contribution in [0, 0.1) is 0 Å². The second kappa shape index (κ2) is 19.2. The quantitative estimate of drug-likeness (QED) is 0.0902. The lowest BCUT2D eigenvalue weighted by Crippen LogP contribution is -2.44. The van der Waals surface area contributed by atoms with Crippen molar-refractivity contribution in [2.45, 2.75) is 69.7 Å². The molecule has 2 amide bonds. The number of hydrogen-bond acceptors (Lipinski definition) is 13. The second-order valence-corrected chi connectivity index (χ2v) is 17.3. The van der Waals surface area contributed by atoms with Crippen LogP contribution in [-0.2, 0) is 27.4 Å². The predicted molar refractivity (Wildman–Crippen MR) is 230 cm³/mol. The Hall–Kier alpha value is -4.57. The van der Waals surface area contributed by atoms with Crippen molar-refractivity contribution in [2.75, 3.05) is 103 Å². The molecule has 0 aromatic heterocycles. The molecule has 0 aliphatic carbocycles. The molecule has 2 saturated heterocycles. The molecule has 320 valence electrons. The number of carbonyl (C=O) groups excluding carboxylic acids is 2. The highest BCUT2D eigenvalue weighted by molar-refractivity contribution is 7.81. The molecule has 2 N–H and O–H groups in total. The number of ether oxygens (including phenoxy) is 7.